The van der Waals surface area contributed by atoms with Gasteiger partial charge in [-0.1, -0.05) is 98.8 Å². The molecule has 0 aliphatic heterocycles. The van der Waals surface area contributed by atoms with Crippen LogP contribution in [0.15, 0.2) is 84.9 Å². The molecule has 4 aromatic rings. The fourth-order valence-corrected chi connectivity index (χ4v) is 6.08. The van der Waals surface area contributed by atoms with Crippen molar-refractivity contribution in [3.05, 3.63) is 118 Å². The number of fused-ring (bicyclic) bond motifs is 6. The quantitative estimate of drug-likeness (QED) is 0.338. The Morgan fingerprint density at radius 1 is 0.467 bits per heavy atom. The molecule has 146 valence electrons. The molecular formula is C30H26. The molecule has 0 amide bonds. The molecule has 2 unspecified atom stereocenters. The van der Waals surface area contributed by atoms with E-state index >= 15 is 0 Å². The van der Waals surface area contributed by atoms with Gasteiger partial charge < -0.3 is 0 Å². The van der Waals surface area contributed by atoms with Crippen molar-refractivity contribution in [1.29, 1.82) is 0 Å². The number of benzene rings is 4. The Kier molecular flexibility index (Phi) is 3.96. The van der Waals surface area contributed by atoms with Crippen molar-refractivity contribution >= 4 is 0 Å². The molecule has 0 heteroatoms. The van der Waals surface area contributed by atoms with Gasteiger partial charge in [-0.2, -0.15) is 0 Å². The van der Waals surface area contributed by atoms with Crippen molar-refractivity contribution in [3.8, 4) is 22.3 Å². The highest BCUT2D eigenvalue weighted by Gasteiger charge is 2.42. The Bertz CT molecular complexity index is 1180. The SMILES string of the molecule is CCc1cccc2c1C(C1c3ccccc3-c3cccc(CC)c31)c1ccccc1-2. The topological polar surface area (TPSA) is 0 Å². The maximum Gasteiger partial charge on any atom is 0.0214 e. The Morgan fingerprint density at radius 3 is 1.30 bits per heavy atom. The highest BCUT2D eigenvalue weighted by molar-refractivity contribution is 5.86. The molecule has 0 heterocycles. The van der Waals surface area contributed by atoms with Crippen molar-refractivity contribution in [1.82, 2.24) is 0 Å². The maximum absolute atomic E-state index is 2.37. The second-order valence-electron chi connectivity index (χ2n) is 8.59. The first-order chi connectivity index (χ1) is 14.8. The van der Waals surface area contributed by atoms with Crippen molar-refractivity contribution in [2.75, 3.05) is 0 Å². The van der Waals surface area contributed by atoms with Crippen LogP contribution in [0.25, 0.3) is 22.3 Å². The van der Waals surface area contributed by atoms with Crippen LogP contribution < -0.4 is 0 Å². The van der Waals surface area contributed by atoms with E-state index in [4.69, 9.17) is 0 Å². The lowest BCUT2D eigenvalue weighted by atomic mass is 9.75. The van der Waals surface area contributed by atoms with Crippen LogP contribution in [0.2, 0.25) is 0 Å². The average Bonchev–Trinajstić information content (AvgIpc) is 3.31. The number of rotatable bonds is 3. The van der Waals surface area contributed by atoms with Gasteiger partial charge in [0.1, 0.15) is 0 Å². The zero-order valence-electron chi connectivity index (χ0n) is 17.7. The van der Waals surface area contributed by atoms with Crippen LogP contribution in [0.3, 0.4) is 0 Å². The first kappa shape index (κ1) is 17.7. The average molecular weight is 387 g/mol. The summed E-state index contributed by atoms with van der Waals surface area (Å²) >= 11 is 0. The van der Waals surface area contributed by atoms with E-state index in [9.17, 15) is 0 Å². The van der Waals surface area contributed by atoms with Crippen LogP contribution in [0.1, 0.15) is 59.1 Å². The summed E-state index contributed by atoms with van der Waals surface area (Å²) in [4.78, 5) is 0. The summed E-state index contributed by atoms with van der Waals surface area (Å²) in [5, 5.41) is 0. The molecule has 0 bridgehead atoms. The molecule has 2 atom stereocenters. The molecule has 0 N–H and O–H groups in total. The monoisotopic (exact) mass is 386 g/mol. The van der Waals surface area contributed by atoms with Gasteiger partial charge >= 0.3 is 0 Å². The van der Waals surface area contributed by atoms with Crippen molar-refractivity contribution < 1.29 is 0 Å². The molecule has 2 aliphatic rings. The van der Waals surface area contributed by atoms with Gasteiger partial charge in [-0.3, -0.25) is 0 Å². The summed E-state index contributed by atoms with van der Waals surface area (Å²) in [5.74, 6) is 0.755. The largest absolute Gasteiger partial charge is 0.0619 e. The van der Waals surface area contributed by atoms with E-state index < -0.39 is 0 Å². The summed E-state index contributed by atoms with van der Waals surface area (Å²) in [5.41, 5.74) is 14.8. The summed E-state index contributed by atoms with van der Waals surface area (Å²) in [6.45, 7) is 4.59. The summed E-state index contributed by atoms with van der Waals surface area (Å²) in [6, 6.07) is 32.0. The van der Waals surface area contributed by atoms with Crippen LogP contribution in [-0.4, -0.2) is 0 Å². The molecule has 4 aromatic carbocycles. The lowest BCUT2D eigenvalue weighted by Crippen LogP contribution is -2.13. The van der Waals surface area contributed by atoms with E-state index in [0.717, 1.165) is 12.8 Å². The minimum atomic E-state index is 0.377. The van der Waals surface area contributed by atoms with Crippen molar-refractivity contribution in [3.63, 3.8) is 0 Å². The highest BCUT2D eigenvalue weighted by Crippen LogP contribution is 2.59. The van der Waals surface area contributed by atoms with Crippen LogP contribution >= 0.6 is 0 Å². The Balaban J connectivity index is 1.70. The molecular weight excluding hydrogens is 360 g/mol. The number of hydrogen-bond donors (Lipinski definition) is 0. The minimum absolute atomic E-state index is 0.377. The van der Waals surface area contributed by atoms with E-state index in [-0.39, 0.29) is 0 Å². The van der Waals surface area contributed by atoms with Gasteiger partial charge in [0, 0.05) is 11.8 Å². The predicted molar refractivity (Wildman–Crippen MR) is 126 cm³/mol. The molecule has 0 fully saturated rings. The molecule has 0 saturated carbocycles. The minimum Gasteiger partial charge on any atom is -0.0619 e. The second-order valence-corrected chi connectivity index (χ2v) is 8.59. The molecule has 0 spiro atoms. The van der Waals surface area contributed by atoms with E-state index in [1.807, 2.05) is 0 Å². The second kappa shape index (κ2) is 6.71. The van der Waals surface area contributed by atoms with Crippen LogP contribution in [0, 0.1) is 0 Å². The third-order valence-corrected chi connectivity index (χ3v) is 7.28. The summed E-state index contributed by atoms with van der Waals surface area (Å²) < 4.78 is 0. The molecule has 6 rings (SSSR count). The van der Waals surface area contributed by atoms with Gasteiger partial charge in [-0.05, 0) is 68.5 Å². The zero-order valence-corrected chi connectivity index (χ0v) is 17.7. The fourth-order valence-electron chi connectivity index (χ4n) is 6.08. The van der Waals surface area contributed by atoms with Gasteiger partial charge in [0.25, 0.3) is 0 Å². The predicted octanol–water partition coefficient (Wildman–Crippen LogP) is 7.74. The van der Waals surface area contributed by atoms with Crippen molar-refractivity contribution in [2.24, 2.45) is 0 Å². The van der Waals surface area contributed by atoms with E-state index in [1.165, 1.54) is 44.5 Å². The molecule has 2 aliphatic carbocycles. The molecule has 0 radical (unpaired) electrons. The molecule has 0 nitrogen and oxygen atoms in total. The summed E-state index contributed by atoms with van der Waals surface area (Å²) in [7, 11) is 0. The third kappa shape index (κ3) is 2.28. The molecule has 30 heavy (non-hydrogen) atoms. The van der Waals surface area contributed by atoms with E-state index in [1.54, 1.807) is 11.1 Å². The number of aryl methyl sites for hydroxylation is 2. The van der Waals surface area contributed by atoms with Crippen molar-refractivity contribution in [2.45, 2.75) is 38.5 Å². The lowest BCUT2D eigenvalue weighted by molar-refractivity contribution is 0.709. The Morgan fingerprint density at radius 2 is 0.867 bits per heavy atom. The van der Waals surface area contributed by atoms with Gasteiger partial charge in [0.15, 0.2) is 0 Å². The van der Waals surface area contributed by atoms with Crippen LogP contribution in [0.5, 0.6) is 0 Å². The Labute approximate surface area is 179 Å². The number of hydrogen-bond acceptors (Lipinski definition) is 0. The van der Waals surface area contributed by atoms with Gasteiger partial charge in [-0.15, -0.1) is 0 Å². The smallest absolute Gasteiger partial charge is 0.0214 e. The van der Waals surface area contributed by atoms with Crippen LogP contribution in [0.4, 0.5) is 0 Å². The Hall–Kier alpha value is -3.12. The third-order valence-electron chi connectivity index (χ3n) is 7.28. The first-order valence-corrected chi connectivity index (χ1v) is 11.3. The molecule has 0 saturated heterocycles. The highest BCUT2D eigenvalue weighted by atomic mass is 14.4. The first-order valence-electron chi connectivity index (χ1n) is 11.3. The maximum atomic E-state index is 2.37. The summed E-state index contributed by atoms with van der Waals surface area (Å²) in [6.07, 6.45) is 2.15. The van der Waals surface area contributed by atoms with E-state index in [0.29, 0.717) is 11.8 Å². The fraction of sp³-hybridized carbons (Fsp3) is 0.200. The van der Waals surface area contributed by atoms with Crippen LogP contribution in [-0.2, 0) is 12.8 Å². The van der Waals surface area contributed by atoms with Gasteiger partial charge in [0.2, 0.25) is 0 Å². The zero-order chi connectivity index (χ0) is 20.2. The molecule has 0 aromatic heterocycles. The standard InChI is InChI=1S/C30H26/c1-3-19-11-9-17-23-21-13-5-7-15-25(21)29(27(19)23)30-26-16-8-6-14-22(26)24-18-10-12-20(4-2)28(24)30/h5-18,29-30H,3-4H2,1-2H3. The van der Waals surface area contributed by atoms with Gasteiger partial charge in [-0.25, -0.2) is 0 Å². The van der Waals surface area contributed by atoms with E-state index in [2.05, 4.69) is 98.8 Å². The normalized spacial score (nSPS) is 17.9. The lowest BCUT2D eigenvalue weighted by Gasteiger charge is -2.27. The van der Waals surface area contributed by atoms with Gasteiger partial charge in [0.05, 0.1) is 0 Å².